The van der Waals surface area contributed by atoms with Gasteiger partial charge in [0.2, 0.25) is 3.79 Å². The molecule has 0 heterocycles. The molecule has 1 N–H and O–H groups in total. The average molecular weight is 328 g/mol. The molecule has 0 unspecified atom stereocenters. The Bertz CT molecular complexity index is 463. The number of alkyl halides is 3. The van der Waals surface area contributed by atoms with Crippen LogP contribution in [0.4, 0.5) is 5.69 Å². The second-order valence-electron chi connectivity index (χ2n) is 3.17. The van der Waals surface area contributed by atoms with Gasteiger partial charge in [0, 0.05) is 29.1 Å². The Hall–Kier alpha value is -0.460. The number of hydrogen-bond donors (Lipinski definition) is 1. The summed E-state index contributed by atoms with van der Waals surface area (Å²) in [6.45, 7) is 4.11. The zero-order valence-corrected chi connectivity index (χ0v) is 12.1. The molecule has 0 aliphatic heterocycles. The highest BCUT2D eigenvalue weighted by molar-refractivity contribution is 7.97. The van der Waals surface area contributed by atoms with Crippen molar-refractivity contribution in [3.8, 4) is 0 Å². The lowest BCUT2D eigenvalue weighted by Crippen LogP contribution is -2.08. The van der Waals surface area contributed by atoms with Crippen LogP contribution in [0.2, 0.25) is 0 Å². The van der Waals surface area contributed by atoms with E-state index >= 15 is 0 Å². The molecule has 0 aromatic heterocycles. The number of non-ortho nitro benzene ring substituents is 1. The van der Waals surface area contributed by atoms with Crippen LogP contribution in [-0.4, -0.2) is 11.5 Å². The molecule has 0 fully saturated rings. The molecule has 0 spiro atoms. The minimum atomic E-state index is -1.72. The van der Waals surface area contributed by atoms with Crippen LogP contribution in [0.3, 0.4) is 0 Å². The fourth-order valence-corrected chi connectivity index (χ4v) is 2.57. The van der Waals surface area contributed by atoms with E-state index in [9.17, 15) is 10.1 Å². The molecular weight excluding hydrogens is 319 g/mol. The number of rotatable bonds is 5. The van der Waals surface area contributed by atoms with Crippen molar-refractivity contribution in [2.45, 2.75) is 8.69 Å². The van der Waals surface area contributed by atoms with Gasteiger partial charge in [0.15, 0.2) is 0 Å². The Morgan fingerprint density at radius 2 is 2.17 bits per heavy atom. The van der Waals surface area contributed by atoms with Crippen LogP contribution in [0.5, 0.6) is 0 Å². The first-order valence-electron chi connectivity index (χ1n) is 4.72. The molecule has 0 amide bonds. The van der Waals surface area contributed by atoms with Crippen LogP contribution in [0, 0.1) is 10.1 Å². The standard InChI is InChI=1S/C10H9Cl3N2O2S/c1-2-5-14-18-9-4-3-7(15(16)17)6-8(9)10(11,12)13/h2-4,6,14H,1,5H2. The summed E-state index contributed by atoms with van der Waals surface area (Å²) in [7, 11) is 0. The predicted molar refractivity (Wildman–Crippen MR) is 76.4 cm³/mol. The first kappa shape index (κ1) is 15.6. The molecule has 98 valence electrons. The molecule has 4 nitrogen and oxygen atoms in total. The summed E-state index contributed by atoms with van der Waals surface area (Å²) in [5.41, 5.74) is 0.146. The van der Waals surface area contributed by atoms with Gasteiger partial charge in [-0.3, -0.25) is 14.8 Å². The first-order chi connectivity index (χ1) is 8.36. The van der Waals surface area contributed by atoms with Gasteiger partial charge < -0.3 is 0 Å². The maximum atomic E-state index is 10.7. The normalized spacial score (nSPS) is 11.3. The molecule has 0 saturated carbocycles. The van der Waals surface area contributed by atoms with Crippen LogP contribution >= 0.6 is 46.8 Å². The first-order valence-corrected chi connectivity index (χ1v) is 6.67. The Morgan fingerprint density at radius 3 is 2.67 bits per heavy atom. The van der Waals surface area contributed by atoms with Crippen molar-refractivity contribution < 1.29 is 4.92 Å². The average Bonchev–Trinajstić information content (AvgIpc) is 2.28. The van der Waals surface area contributed by atoms with Gasteiger partial charge in [-0.05, 0) is 18.0 Å². The molecule has 0 aliphatic rings. The van der Waals surface area contributed by atoms with E-state index in [0.29, 0.717) is 11.4 Å². The number of hydrogen-bond acceptors (Lipinski definition) is 4. The minimum absolute atomic E-state index is 0.121. The van der Waals surface area contributed by atoms with Crippen molar-refractivity contribution in [2.24, 2.45) is 0 Å². The number of nitro groups is 1. The molecule has 0 radical (unpaired) electrons. The number of benzene rings is 1. The number of nitrogens with one attached hydrogen (secondary N) is 1. The predicted octanol–water partition coefficient (Wildman–Crippen LogP) is 4.20. The summed E-state index contributed by atoms with van der Waals surface area (Å²) in [6, 6.07) is 4.15. The fraction of sp³-hybridized carbons (Fsp3) is 0.200. The van der Waals surface area contributed by atoms with E-state index in [1.54, 1.807) is 6.08 Å². The SMILES string of the molecule is C=CCNSc1ccc([N+](=O)[O-])cc1C(Cl)(Cl)Cl. The number of nitrogens with zero attached hydrogens (tertiary/aromatic N) is 1. The Kier molecular flexibility index (Phi) is 5.75. The number of nitro benzene ring substituents is 1. The van der Waals surface area contributed by atoms with Crippen LogP contribution in [0.25, 0.3) is 0 Å². The van der Waals surface area contributed by atoms with E-state index in [0.717, 1.165) is 0 Å². The second kappa shape index (κ2) is 6.63. The zero-order valence-electron chi connectivity index (χ0n) is 9.03. The lowest BCUT2D eigenvalue weighted by molar-refractivity contribution is -0.385. The smallest absolute Gasteiger partial charge is 0.258 e. The van der Waals surface area contributed by atoms with E-state index < -0.39 is 8.72 Å². The lowest BCUT2D eigenvalue weighted by Gasteiger charge is -2.15. The molecule has 0 aliphatic carbocycles. The molecule has 8 heteroatoms. The summed E-state index contributed by atoms with van der Waals surface area (Å²) < 4.78 is 1.25. The zero-order chi connectivity index (χ0) is 13.8. The van der Waals surface area contributed by atoms with Gasteiger partial charge in [0.05, 0.1) is 4.92 Å². The van der Waals surface area contributed by atoms with E-state index in [2.05, 4.69) is 11.3 Å². The topological polar surface area (TPSA) is 55.2 Å². The van der Waals surface area contributed by atoms with Crippen LogP contribution < -0.4 is 4.72 Å². The molecule has 0 bridgehead atoms. The Balaban J connectivity index is 3.09. The largest absolute Gasteiger partial charge is 0.269 e. The van der Waals surface area contributed by atoms with Crippen molar-refractivity contribution in [3.05, 3.63) is 46.5 Å². The van der Waals surface area contributed by atoms with E-state index in [4.69, 9.17) is 34.8 Å². The third-order valence-electron chi connectivity index (χ3n) is 1.89. The van der Waals surface area contributed by atoms with Crippen molar-refractivity contribution >= 4 is 52.4 Å². The molecule has 0 saturated heterocycles. The highest BCUT2D eigenvalue weighted by atomic mass is 35.6. The third kappa shape index (κ3) is 4.33. The van der Waals surface area contributed by atoms with Gasteiger partial charge >= 0.3 is 0 Å². The summed E-state index contributed by atoms with van der Waals surface area (Å²) in [6.07, 6.45) is 1.67. The molecule has 18 heavy (non-hydrogen) atoms. The van der Waals surface area contributed by atoms with Gasteiger partial charge in [0.1, 0.15) is 0 Å². The Labute approximate surface area is 124 Å². The van der Waals surface area contributed by atoms with E-state index in [-0.39, 0.29) is 11.3 Å². The lowest BCUT2D eigenvalue weighted by atomic mass is 10.2. The molecule has 1 aromatic carbocycles. The maximum Gasteiger partial charge on any atom is 0.269 e. The quantitative estimate of drug-likeness (QED) is 0.220. The fourth-order valence-electron chi connectivity index (χ4n) is 1.12. The highest BCUT2D eigenvalue weighted by Crippen LogP contribution is 2.43. The second-order valence-corrected chi connectivity index (χ2v) is 6.39. The highest BCUT2D eigenvalue weighted by Gasteiger charge is 2.28. The summed E-state index contributed by atoms with van der Waals surface area (Å²) in [5.74, 6) is 0. The van der Waals surface area contributed by atoms with Gasteiger partial charge in [-0.1, -0.05) is 40.9 Å². The van der Waals surface area contributed by atoms with E-state index in [1.165, 1.54) is 30.1 Å². The van der Waals surface area contributed by atoms with Crippen LogP contribution in [0.1, 0.15) is 5.56 Å². The van der Waals surface area contributed by atoms with Crippen molar-refractivity contribution in [1.82, 2.24) is 4.72 Å². The maximum absolute atomic E-state index is 10.7. The van der Waals surface area contributed by atoms with Gasteiger partial charge in [-0.25, -0.2) is 0 Å². The molecular formula is C10H9Cl3N2O2S. The molecule has 1 rings (SSSR count). The molecule has 0 atom stereocenters. The van der Waals surface area contributed by atoms with Crippen molar-refractivity contribution in [3.63, 3.8) is 0 Å². The monoisotopic (exact) mass is 326 g/mol. The van der Waals surface area contributed by atoms with Gasteiger partial charge in [-0.15, -0.1) is 6.58 Å². The molecule has 1 aromatic rings. The summed E-state index contributed by atoms with van der Waals surface area (Å²) >= 11 is 18.6. The van der Waals surface area contributed by atoms with Crippen LogP contribution in [0.15, 0.2) is 35.7 Å². The van der Waals surface area contributed by atoms with Crippen molar-refractivity contribution in [2.75, 3.05) is 6.54 Å². The summed E-state index contributed by atoms with van der Waals surface area (Å²) in [4.78, 5) is 10.8. The third-order valence-corrected chi connectivity index (χ3v) is 3.39. The number of halogens is 3. The van der Waals surface area contributed by atoms with Crippen LogP contribution in [-0.2, 0) is 3.79 Å². The van der Waals surface area contributed by atoms with Gasteiger partial charge in [-0.2, -0.15) is 0 Å². The van der Waals surface area contributed by atoms with Gasteiger partial charge in [0.25, 0.3) is 5.69 Å². The Morgan fingerprint density at radius 1 is 1.50 bits per heavy atom. The summed E-state index contributed by atoms with van der Waals surface area (Å²) in [5, 5.41) is 10.7. The minimum Gasteiger partial charge on any atom is -0.258 e. The van der Waals surface area contributed by atoms with E-state index in [1.807, 2.05) is 0 Å². The van der Waals surface area contributed by atoms with Crippen molar-refractivity contribution in [1.29, 1.82) is 0 Å².